The van der Waals surface area contributed by atoms with Gasteiger partial charge in [-0.3, -0.25) is 0 Å². The Balaban J connectivity index is -0.000000247. The van der Waals surface area contributed by atoms with Gasteiger partial charge in [-0.1, -0.05) is 26.7 Å². The molecule has 0 heterocycles. The molecule has 22 heavy (non-hydrogen) atoms. The summed E-state index contributed by atoms with van der Waals surface area (Å²) in [4.78, 5) is 0. The molecule has 0 bridgehead atoms. The third-order valence-electron chi connectivity index (χ3n) is 2.43. The second kappa shape index (κ2) is 23.0. The van der Waals surface area contributed by atoms with E-state index in [0.29, 0.717) is 12.8 Å². The number of aliphatic hydroxyl groups excluding tert-OH is 2. The average Bonchev–Trinajstić information content (AvgIpc) is 2.44. The Morgan fingerprint density at radius 2 is 1.00 bits per heavy atom. The molecule has 0 aromatic heterocycles. The van der Waals surface area contributed by atoms with Crippen molar-refractivity contribution < 1.29 is 29.9 Å². The van der Waals surface area contributed by atoms with Crippen molar-refractivity contribution >= 4 is 0 Å². The first-order valence-electron chi connectivity index (χ1n) is 8.30. The molecule has 0 aromatic carbocycles. The van der Waals surface area contributed by atoms with Crippen LogP contribution in [0.15, 0.2) is 0 Å². The zero-order valence-electron chi connectivity index (χ0n) is 15.0. The molecular formula is C16H38O6. The van der Waals surface area contributed by atoms with Crippen molar-refractivity contribution in [1.82, 2.24) is 0 Å². The highest BCUT2D eigenvalue weighted by molar-refractivity contribution is 4.37. The Bertz CT molecular complexity index is 158. The molecule has 0 aliphatic heterocycles. The van der Waals surface area contributed by atoms with Crippen molar-refractivity contribution in [2.24, 2.45) is 0 Å². The summed E-state index contributed by atoms with van der Waals surface area (Å²) in [6, 6.07) is 0. The van der Waals surface area contributed by atoms with Gasteiger partial charge in [-0.05, 0) is 46.5 Å². The minimum absolute atomic E-state index is 0.0370. The van der Waals surface area contributed by atoms with Crippen LogP contribution < -0.4 is 0 Å². The van der Waals surface area contributed by atoms with Gasteiger partial charge in [0.1, 0.15) is 0 Å². The maximum absolute atomic E-state index is 8.24. The summed E-state index contributed by atoms with van der Waals surface area (Å²) >= 11 is 0. The molecule has 0 fully saturated rings. The molecule has 0 atom stereocenters. The maximum atomic E-state index is 8.24. The van der Waals surface area contributed by atoms with E-state index in [1.54, 1.807) is 0 Å². The lowest BCUT2D eigenvalue weighted by atomic mass is 10.2. The van der Waals surface area contributed by atoms with Crippen molar-refractivity contribution in [2.45, 2.75) is 92.0 Å². The summed E-state index contributed by atoms with van der Waals surface area (Å²) in [6.07, 6.45) is 2.64. The van der Waals surface area contributed by atoms with Crippen LogP contribution in [0.2, 0.25) is 0 Å². The van der Waals surface area contributed by atoms with E-state index in [4.69, 9.17) is 29.9 Å². The molecule has 0 saturated heterocycles. The van der Waals surface area contributed by atoms with E-state index < -0.39 is 12.6 Å². The Labute approximate surface area is 136 Å². The van der Waals surface area contributed by atoms with Gasteiger partial charge in [0.15, 0.2) is 18.9 Å². The predicted octanol–water partition coefficient (Wildman–Crippen LogP) is 2.38. The highest BCUT2D eigenvalue weighted by Crippen LogP contribution is 1.96. The monoisotopic (exact) mass is 326 g/mol. The summed E-state index contributed by atoms with van der Waals surface area (Å²) in [5, 5.41) is 33.0. The van der Waals surface area contributed by atoms with Crippen molar-refractivity contribution in [2.75, 3.05) is 13.2 Å². The molecule has 138 valence electrons. The zero-order valence-corrected chi connectivity index (χ0v) is 15.0. The number of unbranched alkanes of at least 4 members (excludes halogenated alkanes) is 2. The molecule has 4 N–H and O–H groups in total. The minimum Gasteiger partial charge on any atom is -0.368 e. The maximum Gasteiger partial charge on any atom is 0.154 e. The van der Waals surface area contributed by atoms with Gasteiger partial charge < -0.3 is 29.9 Å². The molecule has 0 unspecified atom stereocenters. The normalized spacial score (nSPS) is 10.4. The van der Waals surface area contributed by atoms with Crippen LogP contribution in [0.4, 0.5) is 0 Å². The first-order valence-corrected chi connectivity index (χ1v) is 8.30. The third kappa shape index (κ3) is 36.7. The second-order valence-electron chi connectivity index (χ2n) is 4.72. The summed E-state index contributed by atoms with van der Waals surface area (Å²) in [6.45, 7) is 11.3. The van der Waals surface area contributed by atoms with Gasteiger partial charge in [-0.15, -0.1) is 0 Å². The molecule has 6 nitrogen and oxygen atoms in total. The topological polar surface area (TPSA) is 99.4 Å². The fourth-order valence-corrected chi connectivity index (χ4v) is 1.29. The molecule has 0 saturated carbocycles. The van der Waals surface area contributed by atoms with E-state index >= 15 is 0 Å². The van der Waals surface area contributed by atoms with E-state index in [2.05, 4.69) is 0 Å². The number of hydrogen-bond donors (Lipinski definition) is 4. The summed E-state index contributed by atoms with van der Waals surface area (Å²) in [7, 11) is 0. The standard InChI is InChI=1S/C6H14O2.2C5H12O2/c1-4-7-6(3)8-5-2;2*1-2-3-4-5(6)7/h6H,4-5H2,1-3H3;2*5-7H,2-4H2,1H3. The van der Waals surface area contributed by atoms with Crippen molar-refractivity contribution in [3.8, 4) is 0 Å². The van der Waals surface area contributed by atoms with Crippen LogP contribution in [0.1, 0.15) is 73.1 Å². The van der Waals surface area contributed by atoms with E-state index in [-0.39, 0.29) is 6.29 Å². The fraction of sp³-hybridized carbons (Fsp3) is 1.00. The van der Waals surface area contributed by atoms with Gasteiger partial charge in [0.05, 0.1) is 0 Å². The van der Waals surface area contributed by atoms with Crippen LogP contribution in [0.3, 0.4) is 0 Å². The van der Waals surface area contributed by atoms with E-state index in [1.165, 1.54) is 0 Å². The second-order valence-corrected chi connectivity index (χ2v) is 4.72. The van der Waals surface area contributed by atoms with Gasteiger partial charge in [0.25, 0.3) is 0 Å². The van der Waals surface area contributed by atoms with Crippen LogP contribution in [0, 0.1) is 0 Å². The summed E-state index contributed by atoms with van der Waals surface area (Å²) in [5.74, 6) is 0. The minimum atomic E-state index is -1.10. The lowest BCUT2D eigenvalue weighted by molar-refractivity contribution is -0.123. The highest BCUT2D eigenvalue weighted by Gasteiger charge is 1.95. The quantitative estimate of drug-likeness (QED) is 0.460. The predicted molar refractivity (Wildman–Crippen MR) is 88.2 cm³/mol. The van der Waals surface area contributed by atoms with Crippen LogP contribution in [-0.2, 0) is 9.47 Å². The van der Waals surface area contributed by atoms with E-state index in [1.807, 2.05) is 34.6 Å². The molecule has 6 heteroatoms. The number of rotatable bonds is 10. The first kappa shape index (κ1) is 26.6. The third-order valence-corrected chi connectivity index (χ3v) is 2.43. The van der Waals surface area contributed by atoms with Gasteiger partial charge in [-0.2, -0.15) is 0 Å². The summed E-state index contributed by atoms with van der Waals surface area (Å²) in [5.41, 5.74) is 0. The molecule has 0 radical (unpaired) electrons. The SMILES string of the molecule is CCCCC(O)O.CCCCC(O)O.CCOC(C)OCC. The Morgan fingerprint density at radius 3 is 1.14 bits per heavy atom. The Hall–Kier alpha value is -0.240. The Morgan fingerprint density at radius 1 is 0.682 bits per heavy atom. The average molecular weight is 326 g/mol. The molecular weight excluding hydrogens is 288 g/mol. The smallest absolute Gasteiger partial charge is 0.154 e. The lowest BCUT2D eigenvalue weighted by Crippen LogP contribution is -2.11. The van der Waals surface area contributed by atoms with E-state index in [0.717, 1.165) is 38.9 Å². The van der Waals surface area contributed by atoms with Crippen LogP contribution in [0.5, 0.6) is 0 Å². The largest absolute Gasteiger partial charge is 0.368 e. The zero-order chi connectivity index (χ0) is 17.8. The molecule has 0 rings (SSSR count). The van der Waals surface area contributed by atoms with E-state index in [9.17, 15) is 0 Å². The van der Waals surface area contributed by atoms with Gasteiger partial charge in [-0.25, -0.2) is 0 Å². The van der Waals surface area contributed by atoms with Gasteiger partial charge in [0, 0.05) is 13.2 Å². The molecule has 0 aliphatic carbocycles. The van der Waals surface area contributed by atoms with Crippen LogP contribution in [0.25, 0.3) is 0 Å². The van der Waals surface area contributed by atoms with Crippen molar-refractivity contribution in [1.29, 1.82) is 0 Å². The van der Waals surface area contributed by atoms with Gasteiger partial charge in [0.2, 0.25) is 0 Å². The van der Waals surface area contributed by atoms with Gasteiger partial charge >= 0.3 is 0 Å². The summed E-state index contributed by atoms with van der Waals surface area (Å²) < 4.78 is 10.1. The first-order chi connectivity index (χ1) is 10.3. The highest BCUT2D eigenvalue weighted by atomic mass is 16.7. The molecule has 0 spiro atoms. The molecule has 0 aliphatic rings. The fourth-order valence-electron chi connectivity index (χ4n) is 1.29. The number of ether oxygens (including phenoxy) is 2. The molecule has 0 aromatic rings. The van der Waals surface area contributed by atoms with Crippen LogP contribution >= 0.6 is 0 Å². The van der Waals surface area contributed by atoms with Crippen molar-refractivity contribution in [3.05, 3.63) is 0 Å². The number of aliphatic hydroxyl groups is 4. The number of hydrogen-bond acceptors (Lipinski definition) is 6. The molecule has 0 amide bonds. The van der Waals surface area contributed by atoms with Crippen molar-refractivity contribution in [3.63, 3.8) is 0 Å². The van der Waals surface area contributed by atoms with Crippen LogP contribution in [-0.4, -0.2) is 52.5 Å². The Kier molecular flexibility index (Phi) is 27.9. The lowest BCUT2D eigenvalue weighted by Gasteiger charge is -2.09.